The van der Waals surface area contributed by atoms with Crippen LogP contribution in [0.5, 0.6) is 0 Å². The highest BCUT2D eigenvalue weighted by Crippen LogP contribution is 2.50. The van der Waals surface area contributed by atoms with Gasteiger partial charge in [0.05, 0.1) is 12.0 Å². The van der Waals surface area contributed by atoms with Gasteiger partial charge in [0, 0.05) is 17.4 Å². The number of carbonyl (C=O) groups is 1. The fourth-order valence-electron chi connectivity index (χ4n) is 3.14. The van der Waals surface area contributed by atoms with Crippen molar-refractivity contribution in [2.75, 3.05) is 5.32 Å². The van der Waals surface area contributed by atoms with Crippen LogP contribution in [0.2, 0.25) is 0 Å². The SMILES string of the molecule is C[C@@]1(F)CC(F)(F)[C@@](C)(c2cc(NC(=O)c3ccc(C#N)cn3)ccc2F)N=C1N. The Hall–Kier alpha value is -3.48. The summed E-state index contributed by atoms with van der Waals surface area (Å²) in [5.41, 5.74) is 0.194. The number of hydrogen-bond acceptors (Lipinski definition) is 5. The Morgan fingerprint density at radius 3 is 2.53 bits per heavy atom. The van der Waals surface area contributed by atoms with Crippen LogP contribution in [0.1, 0.15) is 41.9 Å². The van der Waals surface area contributed by atoms with E-state index in [4.69, 9.17) is 11.0 Å². The van der Waals surface area contributed by atoms with Gasteiger partial charge in [-0.1, -0.05) is 0 Å². The molecule has 1 aliphatic rings. The third kappa shape index (κ3) is 3.58. The van der Waals surface area contributed by atoms with Crippen LogP contribution in [0.25, 0.3) is 0 Å². The predicted molar refractivity (Wildman–Crippen MR) is 101 cm³/mol. The van der Waals surface area contributed by atoms with Crippen LogP contribution in [-0.4, -0.2) is 28.3 Å². The van der Waals surface area contributed by atoms with Gasteiger partial charge in [0.2, 0.25) is 0 Å². The van der Waals surface area contributed by atoms with Crippen molar-refractivity contribution in [2.45, 2.75) is 37.4 Å². The number of aliphatic imine (C=N–C) groups is 1. The third-order valence-electron chi connectivity index (χ3n) is 5.02. The molecule has 2 heterocycles. The lowest BCUT2D eigenvalue weighted by Crippen LogP contribution is -2.56. The van der Waals surface area contributed by atoms with Crippen LogP contribution in [0.3, 0.4) is 0 Å². The van der Waals surface area contributed by atoms with E-state index >= 15 is 0 Å². The van der Waals surface area contributed by atoms with Gasteiger partial charge in [-0.05, 0) is 44.2 Å². The van der Waals surface area contributed by atoms with Crippen molar-refractivity contribution in [2.24, 2.45) is 10.7 Å². The topological polar surface area (TPSA) is 104 Å². The smallest absolute Gasteiger partial charge is 0.280 e. The van der Waals surface area contributed by atoms with Crippen molar-refractivity contribution < 1.29 is 22.4 Å². The summed E-state index contributed by atoms with van der Waals surface area (Å²) in [5, 5.41) is 11.2. The molecular weight excluding hydrogens is 402 g/mol. The lowest BCUT2D eigenvalue weighted by Gasteiger charge is -2.42. The van der Waals surface area contributed by atoms with Gasteiger partial charge in [0.25, 0.3) is 11.8 Å². The number of aromatic nitrogens is 1. The standard InChI is InChI=1S/C20H17F4N5O/c1-18(22)10-20(23,24)19(2,29-17(18)26)13-7-12(4-5-14(13)21)28-16(30)15-6-3-11(8-25)9-27-15/h3-7,9H,10H2,1-2H3,(H2,26,29)(H,28,30)/t18-,19-/m1/s1. The van der Waals surface area contributed by atoms with Gasteiger partial charge in [-0.15, -0.1) is 0 Å². The maximum Gasteiger partial charge on any atom is 0.280 e. The highest BCUT2D eigenvalue weighted by molar-refractivity contribution is 6.03. The first-order valence-electron chi connectivity index (χ1n) is 8.80. The Morgan fingerprint density at radius 2 is 1.93 bits per heavy atom. The fourth-order valence-corrected chi connectivity index (χ4v) is 3.14. The molecule has 0 unspecified atom stereocenters. The average molecular weight is 419 g/mol. The molecule has 1 aromatic carbocycles. The number of benzene rings is 1. The molecule has 0 spiro atoms. The van der Waals surface area contributed by atoms with Crippen LogP contribution in [0.4, 0.5) is 23.2 Å². The summed E-state index contributed by atoms with van der Waals surface area (Å²) in [4.78, 5) is 19.8. The first-order chi connectivity index (χ1) is 13.9. The van der Waals surface area contributed by atoms with E-state index in [-0.39, 0.29) is 16.9 Å². The largest absolute Gasteiger partial charge is 0.385 e. The van der Waals surface area contributed by atoms with Crippen molar-refractivity contribution in [1.82, 2.24) is 4.98 Å². The monoisotopic (exact) mass is 419 g/mol. The lowest BCUT2D eigenvalue weighted by atomic mass is 9.77. The molecule has 2 atom stereocenters. The number of hydrogen-bond donors (Lipinski definition) is 2. The number of halogens is 4. The van der Waals surface area contributed by atoms with Crippen molar-refractivity contribution >= 4 is 17.4 Å². The minimum absolute atomic E-state index is 0.00180. The van der Waals surface area contributed by atoms with Crippen LogP contribution >= 0.6 is 0 Å². The summed E-state index contributed by atoms with van der Waals surface area (Å²) in [6.45, 7) is 1.85. The van der Waals surface area contributed by atoms with E-state index in [1.165, 1.54) is 24.4 Å². The zero-order valence-electron chi connectivity index (χ0n) is 16.0. The molecule has 0 fully saturated rings. The number of anilines is 1. The summed E-state index contributed by atoms with van der Waals surface area (Å²) in [7, 11) is 0. The molecule has 10 heteroatoms. The van der Waals surface area contributed by atoms with E-state index in [1.54, 1.807) is 0 Å². The summed E-state index contributed by atoms with van der Waals surface area (Å²) in [6.07, 6.45) is -0.0723. The van der Waals surface area contributed by atoms with Crippen LogP contribution in [-0.2, 0) is 5.54 Å². The lowest BCUT2D eigenvalue weighted by molar-refractivity contribution is -0.106. The molecule has 2 aromatic rings. The van der Waals surface area contributed by atoms with Crippen molar-refractivity contribution in [3.63, 3.8) is 0 Å². The van der Waals surface area contributed by atoms with Gasteiger partial charge in [0.15, 0.2) is 11.2 Å². The second-order valence-corrected chi connectivity index (χ2v) is 7.34. The zero-order valence-corrected chi connectivity index (χ0v) is 16.0. The average Bonchev–Trinajstić information content (AvgIpc) is 2.67. The Kier molecular flexibility index (Phi) is 5.02. The van der Waals surface area contributed by atoms with E-state index < -0.39 is 46.7 Å². The van der Waals surface area contributed by atoms with Gasteiger partial charge >= 0.3 is 0 Å². The van der Waals surface area contributed by atoms with Crippen molar-refractivity contribution in [1.29, 1.82) is 5.26 Å². The number of alkyl halides is 3. The molecule has 3 rings (SSSR count). The first-order valence-corrected chi connectivity index (χ1v) is 8.80. The van der Waals surface area contributed by atoms with E-state index in [0.717, 1.165) is 26.0 Å². The second-order valence-electron chi connectivity index (χ2n) is 7.34. The first kappa shape index (κ1) is 21.2. The molecule has 0 radical (unpaired) electrons. The van der Waals surface area contributed by atoms with Crippen molar-refractivity contribution in [3.05, 3.63) is 59.2 Å². The number of amidine groups is 1. The molecule has 0 bridgehead atoms. The highest BCUT2D eigenvalue weighted by Gasteiger charge is 2.60. The summed E-state index contributed by atoms with van der Waals surface area (Å²) >= 11 is 0. The maximum atomic E-state index is 14.8. The Balaban J connectivity index is 1.98. The third-order valence-corrected chi connectivity index (χ3v) is 5.02. The molecule has 0 saturated heterocycles. The number of nitrogens with one attached hydrogen (secondary N) is 1. The summed E-state index contributed by atoms with van der Waals surface area (Å²) in [6, 6.07) is 7.62. The quantitative estimate of drug-likeness (QED) is 0.741. The van der Waals surface area contributed by atoms with Crippen LogP contribution < -0.4 is 11.1 Å². The maximum absolute atomic E-state index is 14.8. The van der Waals surface area contributed by atoms with Crippen LogP contribution in [0.15, 0.2) is 41.5 Å². The number of nitrogens with two attached hydrogens (primary N) is 1. The molecule has 6 nitrogen and oxygen atoms in total. The van der Waals surface area contributed by atoms with E-state index in [9.17, 15) is 22.4 Å². The molecule has 1 aliphatic heterocycles. The number of amides is 1. The van der Waals surface area contributed by atoms with E-state index in [1.807, 2.05) is 6.07 Å². The number of nitrogens with zero attached hydrogens (tertiary/aromatic N) is 3. The van der Waals surface area contributed by atoms with Gasteiger partial charge < -0.3 is 11.1 Å². The molecule has 0 saturated carbocycles. The molecule has 1 amide bonds. The van der Waals surface area contributed by atoms with Crippen molar-refractivity contribution in [3.8, 4) is 6.07 Å². The molecular formula is C20H17F4N5O. The van der Waals surface area contributed by atoms with Crippen LogP contribution in [0, 0.1) is 17.1 Å². The van der Waals surface area contributed by atoms with Gasteiger partial charge in [-0.2, -0.15) is 5.26 Å². The predicted octanol–water partition coefficient (Wildman–Crippen LogP) is 3.68. The molecule has 1 aromatic heterocycles. The normalized spacial score (nSPS) is 25.2. The number of rotatable bonds is 3. The molecule has 30 heavy (non-hydrogen) atoms. The fraction of sp³-hybridized carbons (Fsp3) is 0.300. The minimum Gasteiger partial charge on any atom is -0.385 e. The molecule has 156 valence electrons. The summed E-state index contributed by atoms with van der Waals surface area (Å²) in [5.74, 6) is -6.12. The molecule has 0 aliphatic carbocycles. The Morgan fingerprint density at radius 1 is 1.23 bits per heavy atom. The number of nitriles is 1. The number of carbonyl (C=O) groups excluding carboxylic acids is 1. The highest BCUT2D eigenvalue weighted by atomic mass is 19.3. The Labute approximate surface area is 169 Å². The zero-order chi connectivity index (χ0) is 22.3. The second kappa shape index (κ2) is 7.09. The summed E-state index contributed by atoms with van der Waals surface area (Å²) < 4.78 is 58.5. The van der Waals surface area contributed by atoms with E-state index in [2.05, 4.69) is 15.3 Å². The Bertz CT molecular complexity index is 1080. The molecule has 3 N–H and O–H groups in total. The van der Waals surface area contributed by atoms with E-state index in [0.29, 0.717) is 0 Å². The minimum atomic E-state index is -3.75. The van der Waals surface area contributed by atoms with Gasteiger partial charge in [-0.25, -0.2) is 22.5 Å². The number of pyridine rings is 1. The van der Waals surface area contributed by atoms with Gasteiger partial charge in [0.1, 0.15) is 23.4 Å². The van der Waals surface area contributed by atoms with Gasteiger partial charge in [-0.3, -0.25) is 9.79 Å².